The van der Waals surface area contributed by atoms with Crippen molar-refractivity contribution in [1.82, 2.24) is 0 Å². The van der Waals surface area contributed by atoms with Gasteiger partial charge in [-0.25, -0.2) is 4.42 Å². The Balaban J connectivity index is 1.89. The lowest BCUT2D eigenvalue weighted by atomic mass is 10.0. The van der Waals surface area contributed by atoms with E-state index < -0.39 is 0 Å². The van der Waals surface area contributed by atoms with Gasteiger partial charge in [0.25, 0.3) is 0 Å². The third kappa shape index (κ3) is 3.97. The fourth-order valence-electron chi connectivity index (χ4n) is 3.71. The first-order chi connectivity index (χ1) is 15.7. The molecule has 0 unspecified atom stereocenters. The highest BCUT2D eigenvalue weighted by Crippen LogP contribution is 2.47. The zero-order chi connectivity index (χ0) is 22.5. The number of ether oxygens (including phenoxy) is 4. The molecule has 4 aromatic rings. The molecule has 4 rings (SSSR count). The van der Waals surface area contributed by atoms with E-state index in [4.69, 9.17) is 23.4 Å². The molecule has 0 aliphatic heterocycles. The van der Waals surface area contributed by atoms with E-state index in [1.54, 1.807) is 28.4 Å². The van der Waals surface area contributed by atoms with Crippen LogP contribution in [0.4, 0.5) is 0 Å². The van der Waals surface area contributed by atoms with Gasteiger partial charge in [0, 0.05) is 17.7 Å². The third-order valence-corrected chi connectivity index (χ3v) is 5.22. The topological polar surface area (TPSA) is 48.2 Å². The maximum absolute atomic E-state index is 6.29. The summed E-state index contributed by atoms with van der Waals surface area (Å²) in [4.78, 5) is 0. The summed E-state index contributed by atoms with van der Waals surface area (Å²) in [5.41, 5.74) is 3.64. The summed E-state index contributed by atoms with van der Waals surface area (Å²) in [6.07, 6.45) is 3.85. The van der Waals surface area contributed by atoms with Gasteiger partial charge < -0.3 is 18.9 Å². The van der Waals surface area contributed by atoms with Crippen LogP contribution in [0.3, 0.4) is 0 Å². The largest absolute Gasteiger partial charge is 0.493 e. The Morgan fingerprint density at radius 3 is 2.03 bits per heavy atom. The average molecular weight is 429 g/mol. The molecule has 0 spiro atoms. The summed E-state index contributed by atoms with van der Waals surface area (Å²) in [5.74, 6) is 2.76. The number of benzene rings is 3. The van der Waals surface area contributed by atoms with Gasteiger partial charge in [-0.05, 0) is 29.8 Å². The van der Waals surface area contributed by atoms with Crippen LogP contribution >= 0.6 is 0 Å². The highest BCUT2D eigenvalue weighted by Gasteiger charge is 2.22. The first-order valence-electron chi connectivity index (χ1n) is 10.2. The van der Waals surface area contributed by atoms with Gasteiger partial charge in [-0.15, -0.1) is 0 Å². The minimum Gasteiger partial charge on any atom is -0.493 e. The maximum Gasteiger partial charge on any atom is 0.361 e. The second-order valence-corrected chi connectivity index (χ2v) is 7.03. The lowest BCUT2D eigenvalue weighted by molar-refractivity contribution is 0.305. The number of rotatable bonds is 7. The monoisotopic (exact) mass is 429 g/mol. The molecule has 3 aromatic carbocycles. The molecule has 1 aromatic heterocycles. The van der Waals surface area contributed by atoms with E-state index in [0.29, 0.717) is 23.0 Å². The minimum atomic E-state index is 0.465. The Bertz CT molecular complexity index is 1260. The van der Waals surface area contributed by atoms with Gasteiger partial charge in [-0.2, -0.15) is 0 Å². The van der Waals surface area contributed by atoms with Gasteiger partial charge in [0.1, 0.15) is 0 Å². The SMILES string of the molecule is COc1cc(/C=C/c2[o+]c3ccccc3cc2-c2ccccc2)c(OC)c(OC)c1OC. The van der Waals surface area contributed by atoms with Crippen LogP contribution in [0.2, 0.25) is 0 Å². The molecule has 0 bridgehead atoms. The summed E-state index contributed by atoms with van der Waals surface area (Å²) >= 11 is 0. The van der Waals surface area contributed by atoms with Gasteiger partial charge in [0.2, 0.25) is 11.5 Å². The standard InChI is InChI=1S/C27H25O5/c1-28-24-17-20(25(29-2)27(31-4)26(24)30-3)14-15-23-21(18-10-6-5-7-11-18)16-19-12-8-9-13-22(19)32-23/h5-17H,1-4H3/q+1/b15-14+. The van der Waals surface area contributed by atoms with Gasteiger partial charge in [-0.3, -0.25) is 0 Å². The molecule has 0 aliphatic rings. The van der Waals surface area contributed by atoms with Gasteiger partial charge in [0.05, 0.1) is 39.4 Å². The summed E-state index contributed by atoms with van der Waals surface area (Å²) in [6.45, 7) is 0. The zero-order valence-electron chi connectivity index (χ0n) is 18.5. The van der Waals surface area contributed by atoms with Crippen molar-refractivity contribution in [2.75, 3.05) is 28.4 Å². The summed E-state index contributed by atoms with van der Waals surface area (Å²) in [5, 5.41) is 1.04. The zero-order valence-corrected chi connectivity index (χ0v) is 18.5. The summed E-state index contributed by atoms with van der Waals surface area (Å²) in [6, 6.07) is 22.1. The molecule has 162 valence electrons. The quantitative estimate of drug-likeness (QED) is 0.310. The van der Waals surface area contributed by atoms with Crippen LogP contribution in [-0.2, 0) is 0 Å². The van der Waals surface area contributed by atoms with E-state index in [9.17, 15) is 0 Å². The average Bonchev–Trinajstić information content (AvgIpc) is 2.86. The third-order valence-electron chi connectivity index (χ3n) is 5.22. The van der Waals surface area contributed by atoms with Crippen molar-refractivity contribution in [2.24, 2.45) is 0 Å². The predicted molar refractivity (Wildman–Crippen MR) is 128 cm³/mol. The van der Waals surface area contributed by atoms with E-state index in [2.05, 4.69) is 18.2 Å². The van der Waals surface area contributed by atoms with E-state index in [1.807, 2.05) is 60.7 Å². The Labute approximate surface area is 187 Å². The molecule has 0 N–H and O–H groups in total. The van der Waals surface area contributed by atoms with Crippen molar-refractivity contribution >= 4 is 23.1 Å². The fourth-order valence-corrected chi connectivity index (χ4v) is 3.71. The lowest BCUT2D eigenvalue weighted by Crippen LogP contribution is -1.99. The Kier molecular flexibility index (Phi) is 6.26. The maximum atomic E-state index is 6.29. The predicted octanol–water partition coefficient (Wildman–Crippen LogP) is 6.59. The lowest BCUT2D eigenvalue weighted by Gasteiger charge is -2.17. The van der Waals surface area contributed by atoms with E-state index in [1.165, 1.54) is 0 Å². The van der Waals surface area contributed by atoms with Crippen molar-refractivity contribution < 1.29 is 23.4 Å². The van der Waals surface area contributed by atoms with Gasteiger partial charge >= 0.3 is 11.3 Å². The normalized spacial score (nSPS) is 11.0. The molecular weight excluding hydrogens is 404 g/mol. The van der Waals surface area contributed by atoms with Crippen molar-refractivity contribution in [3.05, 3.63) is 78.1 Å². The molecule has 0 saturated carbocycles. The second-order valence-electron chi connectivity index (χ2n) is 7.03. The fraction of sp³-hybridized carbons (Fsp3) is 0.148. The molecule has 0 aliphatic carbocycles. The van der Waals surface area contributed by atoms with Crippen LogP contribution in [0.15, 0.2) is 71.1 Å². The minimum absolute atomic E-state index is 0.465. The van der Waals surface area contributed by atoms with Crippen molar-refractivity contribution in [1.29, 1.82) is 0 Å². The van der Waals surface area contributed by atoms with Crippen molar-refractivity contribution in [3.8, 4) is 34.1 Å². The highest BCUT2D eigenvalue weighted by atomic mass is 16.5. The van der Waals surface area contributed by atoms with Crippen LogP contribution in [0.5, 0.6) is 23.0 Å². The molecule has 0 saturated heterocycles. The van der Waals surface area contributed by atoms with Crippen LogP contribution < -0.4 is 18.9 Å². The highest BCUT2D eigenvalue weighted by molar-refractivity contribution is 5.88. The number of hydrogen-bond acceptors (Lipinski definition) is 4. The molecule has 5 nitrogen and oxygen atoms in total. The van der Waals surface area contributed by atoms with E-state index in [0.717, 1.165) is 33.4 Å². The van der Waals surface area contributed by atoms with Crippen LogP contribution in [0, 0.1) is 0 Å². The molecule has 1 heterocycles. The molecule has 0 atom stereocenters. The first kappa shape index (κ1) is 21.2. The van der Waals surface area contributed by atoms with Gasteiger partial charge in [-0.1, -0.05) is 42.5 Å². The molecule has 32 heavy (non-hydrogen) atoms. The number of hydrogen-bond donors (Lipinski definition) is 0. The first-order valence-corrected chi connectivity index (χ1v) is 10.2. The van der Waals surface area contributed by atoms with E-state index >= 15 is 0 Å². The number of fused-ring (bicyclic) bond motifs is 1. The molecule has 0 fully saturated rings. The Morgan fingerprint density at radius 1 is 0.656 bits per heavy atom. The molecule has 0 amide bonds. The van der Waals surface area contributed by atoms with Crippen molar-refractivity contribution in [3.63, 3.8) is 0 Å². The van der Waals surface area contributed by atoms with Gasteiger partial charge in [0.15, 0.2) is 11.5 Å². The van der Waals surface area contributed by atoms with Crippen LogP contribution in [-0.4, -0.2) is 28.4 Å². The van der Waals surface area contributed by atoms with E-state index in [-0.39, 0.29) is 0 Å². The Morgan fingerprint density at radius 2 is 1.34 bits per heavy atom. The second kappa shape index (κ2) is 9.43. The smallest absolute Gasteiger partial charge is 0.361 e. The molecule has 5 heteroatoms. The molecule has 0 radical (unpaired) electrons. The summed E-state index contributed by atoms with van der Waals surface area (Å²) in [7, 11) is 6.31. The van der Waals surface area contributed by atoms with Crippen LogP contribution in [0.25, 0.3) is 34.2 Å². The van der Waals surface area contributed by atoms with Crippen molar-refractivity contribution in [2.45, 2.75) is 0 Å². The number of para-hydroxylation sites is 1. The number of methoxy groups -OCH3 is 4. The molecular formula is C27H25O5+. The Hall–Kier alpha value is -3.99. The summed E-state index contributed by atoms with van der Waals surface area (Å²) < 4.78 is 28.5. The van der Waals surface area contributed by atoms with Crippen LogP contribution in [0.1, 0.15) is 11.3 Å².